The van der Waals surface area contributed by atoms with Crippen LogP contribution in [0.3, 0.4) is 0 Å². The third-order valence-corrected chi connectivity index (χ3v) is 5.72. The lowest BCUT2D eigenvalue weighted by Crippen LogP contribution is -2.52. The number of aromatic nitrogens is 3. The van der Waals surface area contributed by atoms with Crippen LogP contribution in [-0.2, 0) is 16.1 Å². The van der Waals surface area contributed by atoms with Crippen LogP contribution in [0.25, 0.3) is 0 Å². The molecule has 2 aromatic heterocycles. The molecule has 0 aromatic carbocycles. The Morgan fingerprint density at radius 1 is 1.11 bits per heavy atom. The second kappa shape index (κ2) is 6.84. The molecule has 142 valence electrons. The van der Waals surface area contributed by atoms with Gasteiger partial charge in [0.25, 0.3) is 0 Å². The molecule has 0 saturated heterocycles. The van der Waals surface area contributed by atoms with Crippen molar-refractivity contribution in [2.45, 2.75) is 62.9 Å². The molecule has 2 aliphatic carbocycles. The average Bonchev–Trinajstić information content (AvgIpc) is 3.28. The summed E-state index contributed by atoms with van der Waals surface area (Å²) in [6.45, 7) is 0.407. The van der Waals surface area contributed by atoms with Crippen LogP contribution in [0.4, 0.5) is 16.4 Å². The maximum absolute atomic E-state index is 12.2. The van der Waals surface area contributed by atoms with Crippen molar-refractivity contribution in [3.63, 3.8) is 0 Å². The van der Waals surface area contributed by atoms with Gasteiger partial charge in [0, 0.05) is 17.7 Å². The fraction of sp³-hybridized carbons (Fsp3) is 0.526. The number of hydrogen-bond donors (Lipinski definition) is 3. The number of carbonyl (C=O) groups is 1. The Kier molecular flexibility index (Phi) is 4.20. The van der Waals surface area contributed by atoms with Crippen LogP contribution >= 0.6 is 0 Å². The zero-order chi connectivity index (χ0) is 18.2. The third kappa shape index (κ3) is 3.49. The zero-order valence-electron chi connectivity index (χ0n) is 15.0. The van der Waals surface area contributed by atoms with Crippen LogP contribution in [0.15, 0.2) is 24.3 Å². The second-order valence-electron chi connectivity index (χ2n) is 7.56. The van der Waals surface area contributed by atoms with Gasteiger partial charge in [0.1, 0.15) is 11.9 Å². The van der Waals surface area contributed by atoms with Crippen molar-refractivity contribution in [2.75, 3.05) is 5.32 Å². The van der Waals surface area contributed by atoms with Gasteiger partial charge in [0.2, 0.25) is 0 Å². The van der Waals surface area contributed by atoms with Crippen molar-refractivity contribution >= 4 is 17.7 Å². The molecule has 6 bridgehead atoms. The summed E-state index contributed by atoms with van der Waals surface area (Å²) in [4.78, 5) is 16.8. The van der Waals surface area contributed by atoms with E-state index in [2.05, 4.69) is 25.8 Å². The van der Waals surface area contributed by atoms with Crippen LogP contribution < -0.4 is 10.6 Å². The van der Waals surface area contributed by atoms with Gasteiger partial charge in [-0.25, -0.2) is 9.78 Å². The molecule has 0 radical (unpaired) electrons. The molecule has 2 aromatic rings. The predicted octanol–water partition coefficient (Wildman–Crippen LogP) is 2.97. The highest BCUT2D eigenvalue weighted by Crippen LogP contribution is 2.36. The topological polar surface area (TPSA) is 101 Å². The third-order valence-electron chi connectivity index (χ3n) is 5.72. The minimum absolute atomic E-state index is 0.0106. The summed E-state index contributed by atoms with van der Waals surface area (Å²) in [5, 5.41) is 13.7. The number of anilines is 2. The fourth-order valence-corrected chi connectivity index (χ4v) is 4.06. The predicted molar refractivity (Wildman–Crippen MR) is 97.7 cm³/mol. The first kappa shape index (κ1) is 16.6. The van der Waals surface area contributed by atoms with Crippen molar-refractivity contribution in [1.29, 1.82) is 0 Å². The van der Waals surface area contributed by atoms with E-state index in [1.165, 1.54) is 0 Å². The summed E-state index contributed by atoms with van der Waals surface area (Å²) >= 11 is 0. The van der Waals surface area contributed by atoms with Crippen LogP contribution in [0.2, 0.25) is 0 Å². The molecule has 3 aliphatic rings. The van der Waals surface area contributed by atoms with Crippen molar-refractivity contribution in [2.24, 2.45) is 0 Å². The van der Waals surface area contributed by atoms with Gasteiger partial charge < -0.3 is 20.1 Å². The van der Waals surface area contributed by atoms with Crippen LogP contribution in [-0.4, -0.2) is 39.5 Å². The summed E-state index contributed by atoms with van der Waals surface area (Å²) in [5.74, 6) is 1.80. The molecule has 4 atom stereocenters. The number of H-pyrrole nitrogens is 1. The van der Waals surface area contributed by atoms with E-state index in [4.69, 9.17) is 9.47 Å². The Morgan fingerprint density at radius 2 is 2.07 bits per heavy atom. The van der Waals surface area contributed by atoms with E-state index >= 15 is 0 Å². The Hall–Kier alpha value is -2.61. The first-order valence-electron chi connectivity index (χ1n) is 9.60. The van der Waals surface area contributed by atoms with Gasteiger partial charge in [-0.1, -0.05) is 6.07 Å². The van der Waals surface area contributed by atoms with E-state index in [-0.39, 0.29) is 24.3 Å². The van der Waals surface area contributed by atoms with Crippen LogP contribution in [0, 0.1) is 0 Å². The molecule has 0 unspecified atom stereocenters. The number of hydrogen-bond acceptors (Lipinski definition) is 6. The molecule has 8 heteroatoms. The van der Waals surface area contributed by atoms with Crippen molar-refractivity contribution in [3.05, 3.63) is 35.7 Å². The molecule has 1 amide bonds. The quantitative estimate of drug-likeness (QED) is 0.660. The smallest absolute Gasteiger partial charge is 0.407 e. The number of rotatable bonds is 0. The molecule has 2 fully saturated rings. The molecule has 8 nitrogen and oxygen atoms in total. The van der Waals surface area contributed by atoms with Gasteiger partial charge in [-0.15, -0.1) is 0 Å². The van der Waals surface area contributed by atoms with E-state index < -0.39 is 0 Å². The largest absolute Gasteiger partial charge is 0.446 e. The molecule has 3 N–H and O–H groups in total. The number of pyridine rings is 1. The van der Waals surface area contributed by atoms with Crippen LogP contribution in [0.5, 0.6) is 0 Å². The number of nitrogens with one attached hydrogen (secondary N) is 3. The lowest BCUT2D eigenvalue weighted by Gasteiger charge is -2.36. The first-order chi connectivity index (χ1) is 13.2. The minimum atomic E-state index is -0.338. The van der Waals surface area contributed by atoms with Crippen molar-refractivity contribution < 1.29 is 14.3 Å². The summed E-state index contributed by atoms with van der Waals surface area (Å²) in [7, 11) is 0. The highest BCUT2D eigenvalue weighted by molar-refractivity contribution is 5.68. The average molecular weight is 369 g/mol. The van der Waals surface area contributed by atoms with Gasteiger partial charge >= 0.3 is 6.09 Å². The molecular weight excluding hydrogens is 346 g/mol. The Bertz CT molecular complexity index is 838. The molecule has 3 heterocycles. The highest BCUT2D eigenvalue weighted by atomic mass is 16.6. The van der Waals surface area contributed by atoms with Gasteiger partial charge in [0.15, 0.2) is 5.82 Å². The van der Waals surface area contributed by atoms with E-state index in [1.807, 2.05) is 24.3 Å². The van der Waals surface area contributed by atoms with Gasteiger partial charge in [-0.2, -0.15) is 5.10 Å². The molecular formula is C19H23N5O3. The van der Waals surface area contributed by atoms with Crippen LogP contribution in [0.1, 0.15) is 49.4 Å². The minimum Gasteiger partial charge on any atom is -0.446 e. The molecule has 5 rings (SSSR count). The number of ether oxygens (including phenoxy) is 2. The second-order valence-corrected chi connectivity index (χ2v) is 7.56. The lowest BCUT2D eigenvalue weighted by atomic mass is 9.89. The monoisotopic (exact) mass is 369 g/mol. The van der Waals surface area contributed by atoms with E-state index in [9.17, 15) is 4.79 Å². The van der Waals surface area contributed by atoms with Crippen molar-refractivity contribution in [3.8, 4) is 0 Å². The Morgan fingerprint density at radius 3 is 2.96 bits per heavy atom. The number of nitrogens with zero attached hydrogens (tertiary/aromatic N) is 2. The molecule has 1 aliphatic heterocycles. The van der Waals surface area contributed by atoms with Gasteiger partial charge in [0.05, 0.1) is 24.4 Å². The number of fused-ring (bicyclic) bond motifs is 8. The number of carbonyl (C=O) groups excluding carboxylic acids is 1. The summed E-state index contributed by atoms with van der Waals surface area (Å²) in [6.07, 6.45) is 4.13. The van der Waals surface area contributed by atoms with E-state index in [0.717, 1.165) is 55.1 Å². The maximum Gasteiger partial charge on any atom is 0.407 e. The normalized spacial score (nSPS) is 30.1. The Labute approximate surface area is 157 Å². The van der Waals surface area contributed by atoms with E-state index in [1.54, 1.807) is 0 Å². The van der Waals surface area contributed by atoms with E-state index in [0.29, 0.717) is 12.5 Å². The maximum atomic E-state index is 12.2. The highest BCUT2D eigenvalue weighted by Gasteiger charge is 2.35. The molecule has 2 saturated carbocycles. The van der Waals surface area contributed by atoms with Crippen molar-refractivity contribution in [1.82, 2.24) is 20.5 Å². The molecule has 0 spiro atoms. The number of amides is 1. The van der Waals surface area contributed by atoms with Gasteiger partial charge in [-0.05, 0) is 44.2 Å². The standard InChI is InChI=1S/C19H23N5O3/c25-19-21-14-6-7-16(14)26-10-12-2-1-3-17(20-12)22-18-9-15(23-24-18)11-4-5-13(8-11)27-19/h1-3,9,11,13-14,16H,4-8,10H2,(H,21,25)(H2,20,22,23,24)/t11-,13+,14+,16+/m0/s1. The summed E-state index contributed by atoms with van der Waals surface area (Å²) < 4.78 is 11.6. The first-order valence-corrected chi connectivity index (χ1v) is 9.60. The SMILES string of the molecule is O=C1N[C@@H]2CC[C@H]2OCc2cccc(n2)Nc2cc([nH]n2)[C@H]2CC[C@H](C2)O1. The Balaban J connectivity index is 1.40. The lowest BCUT2D eigenvalue weighted by molar-refractivity contribution is -0.0377. The fourth-order valence-electron chi connectivity index (χ4n) is 4.06. The summed E-state index contributed by atoms with van der Waals surface area (Å²) in [6, 6.07) is 7.82. The summed E-state index contributed by atoms with van der Waals surface area (Å²) in [5.41, 5.74) is 1.90. The zero-order valence-corrected chi connectivity index (χ0v) is 15.0. The number of aromatic amines is 1. The molecule has 27 heavy (non-hydrogen) atoms. The number of alkyl carbamates (subject to hydrolysis) is 1. The van der Waals surface area contributed by atoms with Gasteiger partial charge in [-0.3, -0.25) is 5.10 Å².